The summed E-state index contributed by atoms with van der Waals surface area (Å²) in [6.45, 7) is 0. The Morgan fingerprint density at radius 1 is 1.38 bits per heavy atom. The smallest absolute Gasteiger partial charge is 0.243 e. The number of fused-ring (bicyclic) bond motifs is 1. The van der Waals surface area contributed by atoms with Crippen LogP contribution in [0.5, 0.6) is 0 Å². The molecule has 0 unspecified atom stereocenters. The third-order valence-electron chi connectivity index (χ3n) is 2.96. The zero-order chi connectivity index (χ0) is 14.8. The van der Waals surface area contributed by atoms with Gasteiger partial charge >= 0.3 is 5.69 Å². The molecule has 0 radical (unpaired) electrons. The third kappa shape index (κ3) is 2.66. The Bertz CT molecular complexity index is 819. The van der Waals surface area contributed by atoms with Crippen molar-refractivity contribution in [3.8, 4) is 10.6 Å². The molecule has 2 aromatic heterocycles. The molecule has 0 saturated carbocycles. The molecule has 0 amide bonds. The third-order valence-corrected chi connectivity index (χ3v) is 4.62. The predicted octanol–water partition coefficient (Wildman–Crippen LogP) is 4.23. The van der Waals surface area contributed by atoms with E-state index >= 15 is 0 Å². The Kier molecular flexibility index (Phi) is 3.94. The van der Waals surface area contributed by atoms with E-state index in [4.69, 9.17) is 4.84 Å². The van der Waals surface area contributed by atoms with Crippen LogP contribution in [0.3, 0.4) is 0 Å². The molecule has 0 atom stereocenters. The summed E-state index contributed by atoms with van der Waals surface area (Å²) in [7, 11) is 1.34. The minimum Gasteiger partial charge on any atom is -0.243 e. The zero-order valence-corrected chi connectivity index (χ0v) is 13.5. The molecule has 0 aliphatic heterocycles. The van der Waals surface area contributed by atoms with Gasteiger partial charge < -0.3 is 0 Å². The van der Waals surface area contributed by atoms with Crippen LogP contribution in [0, 0.1) is 4.91 Å². The first-order valence-corrected chi connectivity index (χ1v) is 8.09. The first-order chi connectivity index (χ1) is 10.2. The van der Waals surface area contributed by atoms with E-state index in [-0.39, 0.29) is 0 Å². The molecular weight excluding hydrogens is 354 g/mol. The maximum absolute atomic E-state index is 11.8. The van der Waals surface area contributed by atoms with Crippen LogP contribution in [0.15, 0.2) is 36.5 Å². The van der Waals surface area contributed by atoms with Crippen molar-refractivity contribution in [3.63, 3.8) is 0 Å². The van der Waals surface area contributed by atoms with Crippen LogP contribution in [0.2, 0.25) is 0 Å². The van der Waals surface area contributed by atoms with Crippen molar-refractivity contribution in [2.24, 2.45) is 0 Å². The lowest BCUT2D eigenvalue weighted by Crippen LogP contribution is -1.99. The minimum absolute atomic E-state index is 0.430. The number of rotatable bonds is 4. The summed E-state index contributed by atoms with van der Waals surface area (Å²) in [6.07, 6.45) is 1.82. The average molecular weight is 365 g/mol. The molecule has 0 spiro atoms. The van der Waals surface area contributed by atoms with Crippen LogP contribution in [0.4, 0.5) is 5.69 Å². The number of nitrogens with zero attached hydrogens (tertiary/aromatic N) is 3. The van der Waals surface area contributed by atoms with Gasteiger partial charge in [-0.05, 0) is 17.7 Å². The van der Waals surface area contributed by atoms with Crippen molar-refractivity contribution < 1.29 is 9.76 Å². The van der Waals surface area contributed by atoms with Crippen molar-refractivity contribution in [3.05, 3.63) is 47.0 Å². The fourth-order valence-electron chi connectivity index (χ4n) is 1.97. The largest absolute Gasteiger partial charge is 0.326 e. The molecule has 0 N–H and O–H groups in total. The predicted molar refractivity (Wildman–Crippen MR) is 85.8 cm³/mol. The van der Waals surface area contributed by atoms with E-state index in [1.165, 1.54) is 18.4 Å². The summed E-state index contributed by atoms with van der Waals surface area (Å²) in [5.74, 6) is 0. The van der Waals surface area contributed by atoms with Gasteiger partial charge in [-0.15, -0.1) is 0 Å². The molecule has 3 aromatic rings. The van der Waals surface area contributed by atoms with Gasteiger partial charge in [-0.1, -0.05) is 39.4 Å². The summed E-state index contributed by atoms with van der Waals surface area (Å²) in [4.78, 5) is 26.8. The molecule has 7 heteroatoms. The first kappa shape index (κ1) is 14.1. The SMILES string of the molecule is CO[N+](=O)c1ccccc1-c1nc2cc(CBr)cnc2s1. The zero-order valence-electron chi connectivity index (χ0n) is 11.1. The quantitative estimate of drug-likeness (QED) is 0.513. The molecule has 106 valence electrons. The second kappa shape index (κ2) is 5.87. The van der Waals surface area contributed by atoms with E-state index < -0.39 is 0 Å². The number of hydrogen-bond donors (Lipinski definition) is 0. The molecule has 0 aliphatic carbocycles. The van der Waals surface area contributed by atoms with Crippen molar-refractivity contribution >= 4 is 43.3 Å². The number of pyridine rings is 1. The van der Waals surface area contributed by atoms with Crippen molar-refractivity contribution in [1.29, 1.82) is 0 Å². The Morgan fingerprint density at radius 3 is 2.95 bits per heavy atom. The first-order valence-electron chi connectivity index (χ1n) is 6.15. The van der Waals surface area contributed by atoms with Gasteiger partial charge in [0, 0.05) is 17.6 Å². The Hall–Kier alpha value is -1.86. The van der Waals surface area contributed by atoms with Crippen molar-refractivity contribution in [2.75, 3.05) is 7.11 Å². The van der Waals surface area contributed by atoms with Crippen LogP contribution >= 0.6 is 27.3 Å². The minimum atomic E-state index is 0.430. The molecule has 0 fully saturated rings. The molecule has 21 heavy (non-hydrogen) atoms. The van der Waals surface area contributed by atoms with Crippen LogP contribution in [-0.4, -0.2) is 22.0 Å². The van der Waals surface area contributed by atoms with Crippen LogP contribution in [0.1, 0.15) is 5.56 Å². The summed E-state index contributed by atoms with van der Waals surface area (Å²) in [6, 6.07) is 9.20. The van der Waals surface area contributed by atoms with E-state index in [1.54, 1.807) is 12.1 Å². The van der Waals surface area contributed by atoms with Gasteiger partial charge in [-0.3, -0.25) is 0 Å². The van der Waals surface area contributed by atoms with Gasteiger partial charge in [0.1, 0.15) is 15.4 Å². The standard InChI is InChI=1S/C14H11BrN3O2S/c1-20-18(19)12-5-3-2-4-10(12)13-17-11-6-9(7-15)8-16-14(11)21-13/h2-6,8H,7H2,1H3/q+1. The van der Waals surface area contributed by atoms with Gasteiger partial charge in [0.15, 0.2) is 7.11 Å². The van der Waals surface area contributed by atoms with Crippen LogP contribution in [0.25, 0.3) is 20.9 Å². The lowest BCUT2D eigenvalue weighted by molar-refractivity contribution is -0.736. The van der Waals surface area contributed by atoms with Gasteiger partial charge in [0.2, 0.25) is 0 Å². The van der Waals surface area contributed by atoms with Gasteiger partial charge in [0.05, 0.1) is 10.5 Å². The highest BCUT2D eigenvalue weighted by Crippen LogP contribution is 2.35. The molecule has 5 nitrogen and oxygen atoms in total. The topological polar surface area (TPSA) is 55.1 Å². The molecular formula is C14H11BrN3O2S+. The van der Waals surface area contributed by atoms with E-state index in [1.807, 2.05) is 24.4 Å². The summed E-state index contributed by atoms with van der Waals surface area (Å²) >= 11 is 4.86. The fraction of sp³-hybridized carbons (Fsp3) is 0.143. The Morgan fingerprint density at radius 2 is 2.19 bits per heavy atom. The van der Waals surface area contributed by atoms with E-state index in [2.05, 4.69) is 25.9 Å². The Balaban J connectivity index is 2.14. The maximum atomic E-state index is 11.8. The average Bonchev–Trinajstić information content (AvgIpc) is 2.96. The number of para-hydroxylation sites is 1. The van der Waals surface area contributed by atoms with Crippen molar-refractivity contribution in [2.45, 2.75) is 5.33 Å². The normalized spacial score (nSPS) is 10.8. The molecule has 1 aromatic carbocycles. The van der Waals surface area contributed by atoms with E-state index in [0.717, 1.165) is 31.8 Å². The highest BCUT2D eigenvalue weighted by atomic mass is 79.9. The number of halogens is 1. The van der Waals surface area contributed by atoms with E-state index in [9.17, 15) is 4.91 Å². The molecule has 2 heterocycles. The summed E-state index contributed by atoms with van der Waals surface area (Å²) < 4.78 is 0. The van der Waals surface area contributed by atoms with Crippen molar-refractivity contribution in [1.82, 2.24) is 9.97 Å². The lowest BCUT2D eigenvalue weighted by atomic mass is 10.2. The number of alkyl halides is 1. The monoisotopic (exact) mass is 364 g/mol. The summed E-state index contributed by atoms with van der Waals surface area (Å²) in [5, 5.41) is 1.48. The summed E-state index contributed by atoms with van der Waals surface area (Å²) in [5.41, 5.74) is 3.06. The van der Waals surface area contributed by atoms with Gasteiger partial charge in [-0.25, -0.2) is 14.8 Å². The van der Waals surface area contributed by atoms with Gasteiger partial charge in [-0.2, -0.15) is 0 Å². The molecule has 3 rings (SSSR count). The molecule has 0 aliphatic rings. The van der Waals surface area contributed by atoms with Crippen LogP contribution in [-0.2, 0) is 10.2 Å². The lowest BCUT2D eigenvalue weighted by Gasteiger charge is -1.96. The van der Waals surface area contributed by atoms with E-state index in [0.29, 0.717) is 10.6 Å². The maximum Gasteiger partial charge on any atom is 0.326 e. The number of hydrogen-bond acceptors (Lipinski definition) is 5. The Labute approximate surface area is 133 Å². The van der Waals surface area contributed by atoms with Gasteiger partial charge in [0.25, 0.3) is 4.92 Å². The molecule has 0 bridgehead atoms. The van der Waals surface area contributed by atoms with Crippen LogP contribution < -0.4 is 0 Å². The highest BCUT2D eigenvalue weighted by Gasteiger charge is 2.23. The number of aromatic nitrogens is 2. The highest BCUT2D eigenvalue weighted by molar-refractivity contribution is 9.08. The number of thiazole rings is 1. The second-order valence-electron chi connectivity index (χ2n) is 4.28. The number of benzene rings is 1. The molecule has 0 saturated heterocycles. The fourth-order valence-corrected chi connectivity index (χ4v) is 3.20. The second-order valence-corrected chi connectivity index (χ2v) is 5.82.